The van der Waals surface area contributed by atoms with Crippen molar-refractivity contribution in [1.29, 1.82) is 0 Å². The van der Waals surface area contributed by atoms with Crippen LogP contribution >= 0.6 is 0 Å². The monoisotopic (exact) mass is 444 g/mol. The maximum atomic E-state index is 14.0. The molecule has 4 aliphatic rings. The molecule has 9 heteroatoms. The fraction of sp³-hybridized carbons (Fsp3) is 0.652. The van der Waals surface area contributed by atoms with Gasteiger partial charge in [0.05, 0.1) is 39.5 Å². The minimum absolute atomic E-state index is 0.0925. The number of anilines is 1. The Hall–Kier alpha value is -2.23. The Kier molecular flexibility index (Phi) is 5.27. The molecule has 6 rings (SSSR count). The summed E-state index contributed by atoms with van der Waals surface area (Å²) in [6.07, 6.45) is 4.40. The summed E-state index contributed by atoms with van der Waals surface area (Å²) in [5, 5.41) is 7.74. The zero-order chi connectivity index (χ0) is 21.5. The van der Waals surface area contributed by atoms with Crippen molar-refractivity contribution in [3.8, 4) is 5.75 Å². The molecule has 1 aromatic carbocycles. The van der Waals surface area contributed by atoms with Gasteiger partial charge in [-0.2, -0.15) is 0 Å². The lowest BCUT2D eigenvalue weighted by Crippen LogP contribution is -2.62. The highest BCUT2D eigenvalue weighted by Gasteiger charge is 2.52. The highest BCUT2D eigenvalue weighted by molar-refractivity contribution is 5.37. The molecule has 4 aliphatic heterocycles. The van der Waals surface area contributed by atoms with E-state index in [0.717, 1.165) is 76.6 Å². The molecular weight excluding hydrogens is 415 g/mol. The molecule has 8 nitrogen and oxygen atoms in total. The number of piperidine rings is 1. The third-order valence-corrected chi connectivity index (χ3v) is 7.41. The van der Waals surface area contributed by atoms with Crippen LogP contribution in [-0.4, -0.2) is 79.3 Å². The lowest BCUT2D eigenvalue weighted by Gasteiger charge is -2.46. The number of hydrogen-bond acceptors (Lipinski definition) is 8. The smallest absolute Gasteiger partial charge is 0.318 e. The molecule has 0 bridgehead atoms. The molecule has 1 unspecified atom stereocenters. The molecule has 172 valence electrons. The fourth-order valence-electron chi connectivity index (χ4n) is 5.50. The van der Waals surface area contributed by atoms with Crippen molar-refractivity contribution < 1.29 is 23.0 Å². The molecule has 4 fully saturated rings. The summed E-state index contributed by atoms with van der Waals surface area (Å²) in [4.78, 5) is 4.62. The van der Waals surface area contributed by atoms with Crippen molar-refractivity contribution in [3.05, 3.63) is 36.0 Å². The standard InChI is InChI=1S/C23H29FN4O4/c24-18-1-2-21(30-11-16-9-29-10-16)20(7-18)17-3-5-27(6-4-17)19-8-23(32-12-19)13-28(14-23)22-26-25-15-31-22/h1-2,7,15-17,19H,3-6,8-14H2. The van der Waals surface area contributed by atoms with Crippen LogP contribution in [0.3, 0.4) is 0 Å². The van der Waals surface area contributed by atoms with Gasteiger partial charge < -0.3 is 23.5 Å². The maximum absolute atomic E-state index is 14.0. The average Bonchev–Trinajstić information content (AvgIpc) is 3.43. The molecule has 0 amide bonds. The highest BCUT2D eigenvalue weighted by Crippen LogP contribution is 2.41. The van der Waals surface area contributed by atoms with Crippen molar-refractivity contribution in [3.63, 3.8) is 0 Å². The van der Waals surface area contributed by atoms with Crippen molar-refractivity contribution in [2.75, 3.05) is 57.5 Å². The topological polar surface area (TPSA) is 73.1 Å². The third kappa shape index (κ3) is 3.86. The van der Waals surface area contributed by atoms with Crippen LogP contribution in [0.1, 0.15) is 30.7 Å². The number of rotatable bonds is 6. The first kappa shape index (κ1) is 20.4. The Morgan fingerprint density at radius 3 is 2.72 bits per heavy atom. The van der Waals surface area contributed by atoms with Gasteiger partial charge in [-0.3, -0.25) is 4.90 Å². The van der Waals surface area contributed by atoms with Crippen LogP contribution < -0.4 is 9.64 Å². The second-order valence-electron chi connectivity index (χ2n) is 9.64. The van der Waals surface area contributed by atoms with E-state index in [1.54, 1.807) is 12.1 Å². The summed E-state index contributed by atoms with van der Waals surface area (Å²) < 4.78 is 36.9. The molecular formula is C23H29FN4O4. The first-order valence-electron chi connectivity index (χ1n) is 11.6. The zero-order valence-corrected chi connectivity index (χ0v) is 18.1. The zero-order valence-electron chi connectivity index (χ0n) is 18.1. The highest BCUT2D eigenvalue weighted by atomic mass is 19.1. The van der Waals surface area contributed by atoms with Crippen molar-refractivity contribution >= 4 is 6.01 Å². The van der Waals surface area contributed by atoms with Gasteiger partial charge in [0.1, 0.15) is 17.2 Å². The van der Waals surface area contributed by atoms with E-state index in [1.807, 2.05) is 0 Å². The van der Waals surface area contributed by atoms with Crippen LogP contribution in [-0.2, 0) is 9.47 Å². The number of halogens is 1. The summed E-state index contributed by atoms with van der Waals surface area (Å²) >= 11 is 0. The number of likely N-dealkylation sites (tertiary alicyclic amines) is 1. The molecule has 4 saturated heterocycles. The van der Waals surface area contributed by atoms with Crippen LogP contribution in [0.2, 0.25) is 0 Å². The first-order chi connectivity index (χ1) is 15.7. The number of ether oxygens (including phenoxy) is 3. The Bertz CT molecular complexity index is 924. The van der Waals surface area contributed by atoms with E-state index in [9.17, 15) is 4.39 Å². The van der Waals surface area contributed by atoms with Gasteiger partial charge in [0.25, 0.3) is 0 Å². The molecule has 0 aliphatic carbocycles. The Balaban J connectivity index is 1.04. The number of nitrogens with zero attached hydrogens (tertiary/aromatic N) is 4. The summed E-state index contributed by atoms with van der Waals surface area (Å²) in [6, 6.07) is 5.96. The van der Waals surface area contributed by atoms with Gasteiger partial charge in [-0.15, -0.1) is 5.10 Å². The normalized spacial score (nSPS) is 26.3. The number of hydrogen-bond donors (Lipinski definition) is 0. The molecule has 5 heterocycles. The van der Waals surface area contributed by atoms with Gasteiger partial charge in [-0.25, -0.2) is 4.39 Å². The van der Waals surface area contributed by atoms with Gasteiger partial charge in [-0.05, 0) is 56.5 Å². The SMILES string of the molecule is Fc1ccc(OCC2COC2)c(C2CCN(C3COC4(C3)CN(c3nnco3)C4)CC2)c1. The summed E-state index contributed by atoms with van der Waals surface area (Å²) in [7, 11) is 0. The number of aromatic nitrogens is 2. The molecule has 0 radical (unpaired) electrons. The molecule has 1 aromatic heterocycles. The van der Waals surface area contributed by atoms with Gasteiger partial charge in [0, 0.05) is 17.5 Å². The van der Waals surface area contributed by atoms with E-state index in [0.29, 0.717) is 30.5 Å². The van der Waals surface area contributed by atoms with Crippen LogP contribution in [0.15, 0.2) is 29.0 Å². The Morgan fingerprint density at radius 2 is 2.00 bits per heavy atom. The maximum Gasteiger partial charge on any atom is 0.318 e. The van der Waals surface area contributed by atoms with Gasteiger partial charge in [-0.1, -0.05) is 5.10 Å². The van der Waals surface area contributed by atoms with E-state index in [2.05, 4.69) is 20.0 Å². The van der Waals surface area contributed by atoms with Crippen LogP contribution in [0, 0.1) is 11.7 Å². The van der Waals surface area contributed by atoms with E-state index >= 15 is 0 Å². The largest absolute Gasteiger partial charge is 0.493 e. The van der Waals surface area contributed by atoms with Gasteiger partial charge >= 0.3 is 6.01 Å². The minimum Gasteiger partial charge on any atom is -0.493 e. The molecule has 2 aromatic rings. The molecule has 32 heavy (non-hydrogen) atoms. The predicted molar refractivity (Wildman–Crippen MR) is 113 cm³/mol. The van der Waals surface area contributed by atoms with Crippen LogP contribution in [0.5, 0.6) is 5.75 Å². The predicted octanol–water partition coefficient (Wildman–Crippen LogP) is 2.46. The Morgan fingerprint density at radius 1 is 1.16 bits per heavy atom. The van der Waals surface area contributed by atoms with Gasteiger partial charge in [0.2, 0.25) is 6.39 Å². The average molecular weight is 445 g/mol. The summed E-state index contributed by atoms with van der Waals surface area (Å²) in [5.41, 5.74) is 0.920. The Labute approximate surface area is 186 Å². The lowest BCUT2D eigenvalue weighted by atomic mass is 9.86. The second-order valence-corrected chi connectivity index (χ2v) is 9.64. The van der Waals surface area contributed by atoms with E-state index in [-0.39, 0.29) is 11.4 Å². The second kappa shape index (κ2) is 8.28. The third-order valence-electron chi connectivity index (χ3n) is 7.41. The van der Waals surface area contributed by atoms with E-state index in [4.69, 9.17) is 18.6 Å². The van der Waals surface area contributed by atoms with Crippen LogP contribution in [0.25, 0.3) is 0 Å². The quantitative estimate of drug-likeness (QED) is 0.673. The fourth-order valence-corrected chi connectivity index (χ4v) is 5.50. The van der Waals surface area contributed by atoms with Crippen molar-refractivity contribution in [1.82, 2.24) is 15.1 Å². The molecule has 0 saturated carbocycles. The number of benzene rings is 1. The minimum atomic E-state index is -0.191. The summed E-state index contributed by atoms with van der Waals surface area (Å²) in [5.74, 6) is 1.41. The van der Waals surface area contributed by atoms with Gasteiger partial charge in [0.15, 0.2) is 0 Å². The first-order valence-corrected chi connectivity index (χ1v) is 11.6. The van der Waals surface area contributed by atoms with Crippen molar-refractivity contribution in [2.45, 2.75) is 36.8 Å². The molecule has 1 spiro atoms. The summed E-state index contributed by atoms with van der Waals surface area (Å²) in [6.45, 7) is 6.51. The van der Waals surface area contributed by atoms with E-state index in [1.165, 1.54) is 12.5 Å². The van der Waals surface area contributed by atoms with E-state index < -0.39 is 0 Å². The van der Waals surface area contributed by atoms with Crippen LogP contribution in [0.4, 0.5) is 10.4 Å². The van der Waals surface area contributed by atoms with Crippen molar-refractivity contribution in [2.24, 2.45) is 5.92 Å². The molecule has 1 atom stereocenters. The molecule has 0 N–H and O–H groups in total. The lowest BCUT2D eigenvalue weighted by molar-refractivity contribution is -0.0510.